The second-order valence-corrected chi connectivity index (χ2v) is 6.88. The van der Waals surface area contributed by atoms with Gasteiger partial charge in [0.2, 0.25) is 0 Å². The number of rotatable bonds is 6. The van der Waals surface area contributed by atoms with Gasteiger partial charge in [-0.25, -0.2) is 4.68 Å². The van der Waals surface area contributed by atoms with Crippen molar-refractivity contribution in [2.75, 3.05) is 11.5 Å². The average Bonchev–Trinajstić information content (AvgIpc) is 3.00. The number of aromatic nitrogens is 1. The number of nitrogens with zero attached hydrogens (tertiary/aromatic N) is 2. The minimum absolute atomic E-state index is 1.02. The lowest BCUT2D eigenvalue weighted by Gasteiger charge is -2.23. The molecule has 0 aliphatic rings. The standard InChI is InChI=1S/C21H22N2S/c1-5-17-12-13-19-15-20(6-2)23(21(19)14-17)22(4)24-16(3)18-10-8-7-9-11-18/h6-15H,2-3,5H2,1,4H3. The van der Waals surface area contributed by atoms with Gasteiger partial charge in [0.1, 0.15) is 0 Å². The zero-order valence-corrected chi connectivity index (χ0v) is 15.0. The molecular formula is C21H22N2S. The minimum Gasteiger partial charge on any atom is -0.253 e. The summed E-state index contributed by atoms with van der Waals surface area (Å²) in [4.78, 5) is 1.02. The zero-order chi connectivity index (χ0) is 17.1. The van der Waals surface area contributed by atoms with Gasteiger partial charge in [-0.1, -0.05) is 62.5 Å². The Labute approximate surface area is 148 Å². The van der Waals surface area contributed by atoms with Gasteiger partial charge in [0, 0.05) is 29.3 Å². The third-order valence-corrected chi connectivity index (χ3v) is 4.99. The first-order chi connectivity index (χ1) is 11.6. The van der Waals surface area contributed by atoms with Gasteiger partial charge in [0.25, 0.3) is 0 Å². The zero-order valence-electron chi connectivity index (χ0n) is 14.2. The summed E-state index contributed by atoms with van der Waals surface area (Å²) >= 11 is 1.62. The number of fused-ring (bicyclic) bond motifs is 1. The Bertz CT molecular complexity index is 877. The summed E-state index contributed by atoms with van der Waals surface area (Å²) in [6.07, 6.45) is 2.92. The van der Waals surface area contributed by atoms with Crippen LogP contribution < -0.4 is 4.41 Å². The molecule has 3 heteroatoms. The molecular weight excluding hydrogens is 312 g/mol. The number of hydrogen-bond donors (Lipinski definition) is 0. The Balaban J connectivity index is 1.97. The molecule has 0 fully saturated rings. The first-order valence-electron chi connectivity index (χ1n) is 8.07. The lowest BCUT2D eigenvalue weighted by molar-refractivity contribution is 0.870. The van der Waals surface area contributed by atoms with Crippen LogP contribution in [0.3, 0.4) is 0 Å². The van der Waals surface area contributed by atoms with E-state index in [0.29, 0.717) is 0 Å². The highest BCUT2D eigenvalue weighted by molar-refractivity contribution is 8.09. The van der Waals surface area contributed by atoms with E-state index in [1.807, 2.05) is 24.3 Å². The van der Waals surface area contributed by atoms with E-state index in [4.69, 9.17) is 0 Å². The SMILES string of the molecule is C=Cc1cc2ccc(CC)cc2n1N(C)SC(=C)c1ccccc1. The van der Waals surface area contributed by atoms with Gasteiger partial charge < -0.3 is 0 Å². The highest BCUT2D eigenvalue weighted by Crippen LogP contribution is 2.30. The lowest BCUT2D eigenvalue weighted by atomic mass is 10.1. The summed E-state index contributed by atoms with van der Waals surface area (Å²) in [5, 5.41) is 1.22. The summed E-state index contributed by atoms with van der Waals surface area (Å²) in [5.74, 6) is 0. The van der Waals surface area contributed by atoms with Crippen LogP contribution in [0, 0.1) is 0 Å². The van der Waals surface area contributed by atoms with Crippen LogP contribution in [-0.4, -0.2) is 11.7 Å². The molecule has 2 aromatic carbocycles. The normalized spacial score (nSPS) is 10.8. The van der Waals surface area contributed by atoms with Gasteiger partial charge in [-0.3, -0.25) is 4.41 Å². The molecule has 2 nitrogen and oxygen atoms in total. The van der Waals surface area contributed by atoms with Gasteiger partial charge in [-0.15, -0.1) is 0 Å². The van der Waals surface area contributed by atoms with E-state index >= 15 is 0 Å². The van der Waals surface area contributed by atoms with Crippen LogP contribution in [0.15, 0.2) is 67.8 Å². The second-order valence-electron chi connectivity index (χ2n) is 5.68. The van der Waals surface area contributed by atoms with Gasteiger partial charge in [0.15, 0.2) is 0 Å². The summed E-state index contributed by atoms with van der Waals surface area (Å²) in [6.45, 7) is 10.4. The van der Waals surface area contributed by atoms with Gasteiger partial charge in [0.05, 0.1) is 11.2 Å². The number of benzene rings is 2. The smallest absolute Gasteiger partial charge is 0.0714 e. The summed E-state index contributed by atoms with van der Waals surface area (Å²) in [7, 11) is 2.06. The fourth-order valence-corrected chi connectivity index (χ4v) is 3.64. The van der Waals surface area contributed by atoms with Crippen LogP contribution in [0.5, 0.6) is 0 Å². The predicted molar refractivity (Wildman–Crippen MR) is 109 cm³/mol. The molecule has 0 bridgehead atoms. The van der Waals surface area contributed by atoms with Crippen molar-refractivity contribution in [3.63, 3.8) is 0 Å². The van der Waals surface area contributed by atoms with Crippen molar-refractivity contribution in [1.29, 1.82) is 0 Å². The molecule has 0 N–H and O–H groups in total. The molecule has 0 amide bonds. The largest absolute Gasteiger partial charge is 0.253 e. The summed E-state index contributed by atoms with van der Waals surface area (Å²) in [6, 6.07) is 19.1. The maximum atomic E-state index is 4.23. The highest BCUT2D eigenvalue weighted by Gasteiger charge is 2.13. The Hall–Kier alpha value is -2.39. The Morgan fingerprint density at radius 3 is 2.58 bits per heavy atom. The van der Waals surface area contributed by atoms with Crippen molar-refractivity contribution >= 4 is 33.8 Å². The van der Waals surface area contributed by atoms with Crippen LogP contribution in [0.2, 0.25) is 0 Å². The van der Waals surface area contributed by atoms with E-state index in [1.54, 1.807) is 11.9 Å². The lowest BCUT2D eigenvalue weighted by Crippen LogP contribution is -2.23. The highest BCUT2D eigenvalue weighted by atomic mass is 32.2. The average molecular weight is 334 g/mol. The first kappa shape index (κ1) is 16.5. The van der Waals surface area contributed by atoms with Gasteiger partial charge >= 0.3 is 0 Å². The molecule has 0 aliphatic carbocycles. The van der Waals surface area contributed by atoms with E-state index < -0.39 is 0 Å². The van der Waals surface area contributed by atoms with Crippen molar-refractivity contribution in [3.05, 3.63) is 84.6 Å². The van der Waals surface area contributed by atoms with Crippen LogP contribution in [0.4, 0.5) is 0 Å². The van der Waals surface area contributed by atoms with Crippen molar-refractivity contribution in [2.45, 2.75) is 13.3 Å². The molecule has 1 aromatic heterocycles. The first-order valence-corrected chi connectivity index (χ1v) is 8.84. The molecule has 1 heterocycles. The molecule has 0 unspecified atom stereocenters. The van der Waals surface area contributed by atoms with E-state index in [2.05, 4.69) is 72.6 Å². The quantitative estimate of drug-likeness (QED) is 0.532. The van der Waals surface area contributed by atoms with E-state index in [-0.39, 0.29) is 0 Å². The predicted octanol–water partition coefficient (Wildman–Crippen LogP) is 5.73. The third-order valence-electron chi connectivity index (χ3n) is 4.11. The van der Waals surface area contributed by atoms with Crippen molar-refractivity contribution in [2.24, 2.45) is 0 Å². The molecule has 0 atom stereocenters. The van der Waals surface area contributed by atoms with Gasteiger partial charge in [-0.2, -0.15) is 0 Å². The maximum absolute atomic E-state index is 4.23. The summed E-state index contributed by atoms with van der Waals surface area (Å²) in [5.41, 5.74) is 4.74. The van der Waals surface area contributed by atoms with Crippen molar-refractivity contribution in [3.8, 4) is 0 Å². The molecule has 122 valence electrons. The topological polar surface area (TPSA) is 8.17 Å². The summed E-state index contributed by atoms with van der Waals surface area (Å²) < 4.78 is 4.31. The molecule has 0 aliphatic heterocycles. The van der Waals surface area contributed by atoms with E-state index in [1.165, 1.54) is 16.5 Å². The van der Waals surface area contributed by atoms with Crippen LogP contribution >= 0.6 is 11.9 Å². The molecule has 3 rings (SSSR count). The molecule has 24 heavy (non-hydrogen) atoms. The monoisotopic (exact) mass is 334 g/mol. The number of aryl methyl sites for hydroxylation is 1. The van der Waals surface area contributed by atoms with Crippen LogP contribution in [0.25, 0.3) is 21.9 Å². The molecule has 0 radical (unpaired) electrons. The van der Waals surface area contributed by atoms with E-state index in [0.717, 1.165) is 22.6 Å². The van der Waals surface area contributed by atoms with Crippen LogP contribution in [-0.2, 0) is 6.42 Å². The Morgan fingerprint density at radius 2 is 1.92 bits per heavy atom. The van der Waals surface area contributed by atoms with E-state index in [9.17, 15) is 0 Å². The Morgan fingerprint density at radius 1 is 1.17 bits per heavy atom. The maximum Gasteiger partial charge on any atom is 0.0714 e. The fourth-order valence-electron chi connectivity index (χ4n) is 2.81. The molecule has 3 aromatic rings. The fraction of sp³-hybridized carbons (Fsp3) is 0.143. The third kappa shape index (κ3) is 3.13. The number of hydrogen-bond acceptors (Lipinski definition) is 2. The molecule has 0 saturated carbocycles. The Kier molecular flexibility index (Phi) is 4.81. The van der Waals surface area contributed by atoms with Crippen molar-refractivity contribution in [1.82, 2.24) is 4.68 Å². The van der Waals surface area contributed by atoms with Crippen LogP contribution in [0.1, 0.15) is 23.7 Å². The van der Waals surface area contributed by atoms with Gasteiger partial charge in [-0.05, 0) is 35.8 Å². The van der Waals surface area contributed by atoms with Crippen molar-refractivity contribution < 1.29 is 0 Å². The molecule has 0 spiro atoms. The second kappa shape index (κ2) is 7.02. The molecule has 0 saturated heterocycles. The minimum atomic E-state index is 1.02.